The number of nitrogens with one attached hydrogen (secondary N) is 3. The van der Waals surface area contributed by atoms with E-state index in [-0.39, 0.29) is 57.3 Å². The summed E-state index contributed by atoms with van der Waals surface area (Å²) in [4.78, 5) is 0. The van der Waals surface area contributed by atoms with Crippen LogP contribution >= 0.6 is 0 Å². The number of rotatable bonds is 3. The number of aromatic amines is 3. The molecule has 3 aromatic rings. The van der Waals surface area contributed by atoms with Crippen molar-refractivity contribution in [3.8, 4) is 0 Å². The van der Waals surface area contributed by atoms with Gasteiger partial charge in [0.1, 0.15) is 0 Å². The molecule has 241 valence electrons. The second-order valence-electron chi connectivity index (χ2n) is 18.2. The molecule has 43 heavy (non-hydrogen) atoms. The van der Waals surface area contributed by atoms with Crippen LogP contribution in [0.2, 0.25) is 0 Å². The first-order valence-corrected chi connectivity index (χ1v) is 15.9. The molecule has 0 aliphatic carbocycles. The third-order valence-electron chi connectivity index (χ3n) is 7.81. The van der Waals surface area contributed by atoms with Gasteiger partial charge in [-0.1, -0.05) is 0 Å². The predicted octanol–water partition coefficient (Wildman–Crippen LogP) is 2.49. The Morgan fingerprint density at radius 2 is 0.558 bits per heavy atom. The molecule has 0 unspecified atom stereocenters. The number of nitrogens with zero attached hydrogens (tertiary/aromatic N) is 3. The van der Waals surface area contributed by atoms with Gasteiger partial charge in [0.05, 0.1) is 0 Å². The maximum absolute atomic E-state index is 5.12. The van der Waals surface area contributed by atoms with Crippen molar-refractivity contribution in [3.63, 3.8) is 0 Å². The molecule has 3 heterocycles. The second kappa shape index (κ2) is 11.9. The molecule has 0 aromatic carbocycles. The maximum Gasteiger partial charge on any atom is -1.00 e. The number of hydrogen-bond acceptors (Lipinski definition) is 3. The topological polar surface area (TPSA) is 86.0 Å². The fourth-order valence-corrected chi connectivity index (χ4v) is 6.89. The molecule has 0 atom stereocenters. The third kappa shape index (κ3) is 7.34. The molecule has 0 radical (unpaired) electrons. The summed E-state index contributed by atoms with van der Waals surface area (Å²) in [6, 6.07) is 0. The third-order valence-corrected chi connectivity index (χ3v) is 8.98. The first-order chi connectivity index (χ1) is 18.0. The zero-order valence-corrected chi connectivity index (χ0v) is 33.2. The van der Waals surface area contributed by atoms with Crippen LogP contribution in [-0.4, -0.2) is 30.6 Å². The Morgan fingerprint density at radius 3 is 0.698 bits per heavy atom. The van der Waals surface area contributed by atoms with Crippen LogP contribution in [0.1, 0.15) is 175 Å². The molecule has 0 aliphatic heterocycles. The standard InChI is InChI=1S/C34H57N6.2ClH.Ti/c1-29(2,3)23-20(24(36-35-23)30(4,5)6)19(21-25(31(7,8)9)37-38-26(21)32(10,11)12)22-27(33(13,14)15)39-40-28(22)34(16,17)18;;;/h1-18H3,(H,35,36)(H,37,38)(H,39,40);2*1H;/q;;;+2/p-2. The summed E-state index contributed by atoms with van der Waals surface area (Å²) in [6.45, 7) is 41.0. The minimum Gasteiger partial charge on any atom is -1.00 e. The zero-order valence-electron chi connectivity index (χ0n) is 30.1. The first kappa shape index (κ1) is 39.9. The molecule has 6 nitrogen and oxygen atoms in total. The SMILES string of the molecule is CC(C)(C)c1n[nH]c(C(C)(C)C)c1[C]([Ti+2])(c1c(C(C)(C)C)n[nH]c1C(C)(C)C)c1c(C(C)(C)C)n[nH]c1C(C)(C)C.[Cl-].[Cl-]. The summed E-state index contributed by atoms with van der Waals surface area (Å²) in [7, 11) is 0. The van der Waals surface area contributed by atoms with E-state index >= 15 is 0 Å². The van der Waals surface area contributed by atoms with Gasteiger partial charge in [-0.25, -0.2) is 0 Å². The summed E-state index contributed by atoms with van der Waals surface area (Å²) < 4.78 is -0.630. The van der Waals surface area contributed by atoms with Crippen molar-refractivity contribution in [2.45, 2.75) is 161 Å². The quantitative estimate of drug-likeness (QED) is 0.376. The van der Waals surface area contributed by atoms with E-state index in [1.54, 1.807) is 0 Å². The van der Waals surface area contributed by atoms with Crippen LogP contribution in [0.3, 0.4) is 0 Å². The maximum atomic E-state index is 5.12. The van der Waals surface area contributed by atoms with Gasteiger partial charge in [-0.05, 0) is 0 Å². The molecule has 0 amide bonds. The molecule has 0 bridgehead atoms. The Bertz CT molecular complexity index is 1140. The number of H-pyrrole nitrogens is 3. The Morgan fingerprint density at radius 1 is 0.372 bits per heavy atom. The summed E-state index contributed by atoms with van der Waals surface area (Å²) in [5.74, 6) is 0. The van der Waals surface area contributed by atoms with Crippen LogP contribution in [0.4, 0.5) is 0 Å². The van der Waals surface area contributed by atoms with E-state index in [2.05, 4.69) is 160 Å². The van der Waals surface area contributed by atoms with Gasteiger partial charge in [0.15, 0.2) is 0 Å². The van der Waals surface area contributed by atoms with Crippen molar-refractivity contribution >= 4 is 0 Å². The van der Waals surface area contributed by atoms with Crippen LogP contribution in [0.15, 0.2) is 0 Å². The van der Waals surface area contributed by atoms with Gasteiger partial charge in [0.2, 0.25) is 0 Å². The van der Waals surface area contributed by atoms with E-state index in [4.69, 9.17) is 15.3 Å². The van der Waals surface area contributed by atoms with Gasteiger partial charge < -0.3 is 24.8 Å². The molecule has 3 N–H and O–H groups in total. The van der Waals surface area contributed by atoms with Crippen molar-refractivity contribution < 1.29 is 45.2 Å². The van der Waals surface area contributed by atoms with E-state index < -0.39 is 3.72 Å². The average molecular weight is 669 g/mol. The van der Waals surface area contributed by atoms with Crippen LogP contribution in [0.5, 0.6) is 0 Å². The second-order valence-corrected chi connectivity index (χ2v) is 19.4. The van der Waals surface area contributed by atoms with E-state index in [1.165, 1.54) is 16.7 Å². The molecule has 0 saturated carbocycles. The van der Waals surface area contributed by atoms with Crippen molar-refractivity contribution in [2.24, 2.45) is 0 Å². The van der Waals surface area contributed by atoms with Crippen molar-refractivity contribution in [2.75, 3.05) is 0 Å². The Labute approximate surface area is 286 Å². The molecule has 9 heteroatoms. The van der Waals surface area contributed by atoms with Crippen LogP contribution in [-0.2, 0) is 56.6 Å². The van der Waals surface area contributed by atoms with Crippen LogP contribution in [0, 0.1) is 0 Å². The predicted molar refractivity (Wildman–Crippen MR) is 168 cm³/mol. The van der Waals surface area contributed by atoms with E-state index in [1.807, 2.05) is 0 Å². The molecular formula is C34H57Cl2N6Ti. The Hall–Kier alpha value is -1.08. The molecule has 0 spiro atoms. The fraction of sp³-hybridized carbons (Fsp3) is 0.735. The monoisotopic (exact) mass is 667 g/mol. The smallest absolute Gasteiger partial charge is 1.00 e. The molecule has 0 fully saturated rings. The van der Waals surface area contributed by atoms with Crippen molar-refractivity contribution in [1.29, 1.82) is 0 Å². The zero-order chi connectivity index (χ0) is 31.9. The van der Waals surface area contributed by atoms with Gasteiger partial charge in [-0.15, -0.1) is 0 Å². The normalized spacial score (nSPS) is 14.0. The molecule has 3 rings (SSSR count). The van der Waals surface area contributed by atoms with Crippen LogP contribution < -0.4 is 24.8 Å². The van der Waals surface area contributed by atoms with Gasteiger partial charge in [0.25, 0.3) is 0 Å². The molecular weight excluding hydrogens is 611 g/mol. The van der Waals surface area contributed by atoms with Crippen LogP contribution in [0.25, 0.3) is 0 Å². The number of aromatic nitrogens is 6. The summed E-state index contributed by atoms with van der Waals surface area (Å²) in [5.41, 5.74) is 9.37. The van der Waals surface area contributed by atoms with E-state index in [0.29, 0.717) is 0 Å². The minimum absolute atomic E-state index is 0. The number of hydrogen-bond donors (Lipinski definition) is 3. The summed E-state index contributed by atoms with van der Waals surface area (Å²) in [6.07, 6.45) is 0. The largest absolute Gasteiger partial charge is 1.00 e. The average Bonchev–Trinajstić information content (AvgIpc) is 3.46. The Kier molecular flexibility index (Phi) is 11.1. The Balaban J connectivity index is 0.00000462. The van der Waals surface area contributed by atoms with E-state index in [0.717, 1.165) is 34.2 Å². The van der Waals surface area contributed by atoms with Gasteiger partial charge in [0, 0.05) is 0 Å². The molecule has 0 aliphatic rings. The van der Waals surface area contributed by atoms with Crippen molar-refractivity contribution in [1.82, 2.24) is 30.6 Å². The summed E-state index contributed by atoms with van der Waals surface area (Å²) in [5, 5.41) is 26.1. The molecule has 0 saturated heterocycles. The van der Waals surface area contributed by atoms with Gasteiger partial charge in [-0.3, -0.25) is 0 Å². The summed E-state index contributed by atoms with van der Waals surface area (Å²) >= 11 is 2.42. The first-order valence-electron chi connectivity index (χ1n) is 15.1. The number of halogens is 2. The minimum atomic E-state index is -0.630. The van der Waals surface area contributed by atoms with Crippen molar-refractivity contribution in [3.05, 3.63) is 50.9 Å². The van der Waals surface area contributed by atoms with Gasteiger partial charge in [-0.2, -0.15) is 0 Å². The fourth-order valence-electron chi connectivity index (χ4n) is 5.75. The van der Waals surface area contributed by atoms with E-state index in [9.17, 15) is 0 Å². The molecule has 3 aromatic heterocycles. The van der Waals surface area contributed by atoms with Gasteiger partial charge >= 0.3 is 263 Å².